The number of pyridine rings is 1. The van der Waals surface area contributed by atoms with Gasteiger partial charge in [0.05, 0.1) is 21.0 Å². The molecule has 1 aliphatic heterocycles. The quantitative estimate of drug-likeness (QED) is 0.770. The molecule has 130 valence electrons. The average Bonchev–Trinajstić information content (AvgIpc) is 3.39. The predicted octanol–water partition coefficient (Wildman–Crippen LogP) is 3.83. The Labute approximate surface area is 159 Å². The van der Waals surface area contributed by atoms with Gasteiger partial charge in [0.2, 0.25) is 5.91 Å². The van der Waals surface area contributed by atoms with E-state index in [-0.39, 0.29) is 37.7 Å². The molecule has 2 aliphatic rings. The zero-order valence-corrected chi connectivity index (χ0v) is 15.6. The van der Waals surface area contributed by atoms with Crippen molar-refractivity contribution in [1.29, 1.82) is 0 Å². The molecule has 2 fully saturated rings. The number of nitrogens with one attached hydrogen (secondary N) is 1. The first-order chi connectivity index (χ1) is 11.4. The lowest BCUT2D eigenvalue weighted by molar-refractivity contribution is -0.126. The fourth-order valence-corrected chi connectivity index (χ4v) is 3.51. The van der Waals surface area contributed by atoms with Gasteiger partial charge in [-0.25, -0.2) is 4.98 Å². The van der Waals surface area contributed by atoms with Crippen molar-refractivity contribution in [1.82, 2.24) is 15.2 Å². The van der Waals surface area contributed by atoms with E-state index in [9.17, 15) is 9.59 Å². The summed E-state index contributed by atoms with van der Waals surface area (Å²) in [7, 11) is 0. The van der Waals surface area contributed by atoms with E-state index in [1.807, 2.05) is 0 Å². The number of piperidine rings is 1. The van der Waals surface area contributed by atoms with Crippen LogP contribution in [0, 0.1) is 5.92 Å². The summed E-state index contributed by atoms with van der Waals surface area (Å²) >= 11 is 23.9. The lowest BCUT2D eigenvalue weighted by Gasteiger charge is -2.32. The molecule has 1 saturated carbocycles. The zero-order chi connectivity index (χ0) is 17.4. The Morgan fingerprint density at radius 1 is 1.04 bits per heavy atom. The van der Waals surface area contributed by atoms with E-state index in [0.717, 1.165) is 25.7 Å². The predicted molar refractivity (Wildman–Crippen MR) is 94.1 cm³/mol. The number of carbonyl (C=O) groups is 2. The van der Waals surface area contributed by atoms with Crippen molar-refractivity contribution in [3.05, 3.63) is 25.9 Å². The third-order valence-electron chi connectivity index (χ3n) is 4.19. The highest BCUT2D eigenvalue weighted by Gasteiger charge is 2.33. The molecule has 24 heavy (non-hydrogen) atoms. The molecule has 1 aromatic heterocycles. The van der Waals surface area contributed by atoms with Gasteiger partial charge in [0.25, 0.3) is 5.91 Å². The highest BCUT2D eigenvalue weighted by atomic mass is 35.5. The maximum Gasteiger partial charge on any atom is 0.274 e. The Hall–Kier alpha value is -0.750. The second kappa shape index (κ2) is 7.24. The number of hydrogen-bond acceptors (Lipinski definition) is 3. The fraction of sp³-hybridized carbons (Fsp3) is 0.533. The molecule has 1 atom stereocenters. The van der Waals surface area contributed by atoms with Gasteiger partial charge in [-0.1, -0.05) is 46.4 Å². The molecule has 2 amide bonds. The van der Waals surface area contributed by atoms with Gasteiger partial charge in [0.1, 0.15) is 10.8 Å². The van der Waals surface area contributed by atoms with Crippen LogP contribution in [0.2, 0.25) is 20.2 Å². The SMILES string of the molecule is O=C(NC1CC1)[C@@H]1CCCN(C(=O)c2nc(Cl)c(Cl)c(Cl)c2Cl)C1. The maximum atomic E-state index is 12.7. The number of hydrogen-bond donors (Lipinski definition) is 1. The van der Waals surface area contributed by atoms with E-state index in [1.165, 1.54) is 0 Å². The van der Waals surface area contributed by atoms with Crippen LogP contribution in [0.3, 0.4) is 0 Å². The Balaban J connectivity index is 1.76. The van der Waals surface area contributed by atoms with Gasteiger partial charge in [-0.3, -0.25) is 9.59 Å². The number of nitrogens with zero attached hydrogens (tertiary/aromatic N) is 2. The largest absolute Gasteiger partial charge is 0.353 e. The summed E-state index contributed by atoms with van der Waals surface area (Å²) in [6, 6.07) is 0.300. The summed E-state index contributed by atoms with van der Waals surface area (Å²) < 4.78 is 0. The van der Waals surface area contributed by atoms with E-state index >= 15 is 0 Å². The summed E-state index contributed by atoms with van der Waals surface area (Å²) in [5, 5.41) is 2.90. The summed E-state index contributed by atoms with van der Waals surface area (Å²) in [5.74, 6) is -0.620. The van der Waals surface area contributed by atoms with E-state index in [0.29, 0.717) is 19.1 Å². The number of halogens is 4. The van der Waals surface area contributed by atoms with Gasteiger partial charge in [0.15, 0.2) is 0 Å². The van der Waals surface area contributed by atoms with Gasteiger partial charge in [-0.15, -0.1) is 0 Å². The fourth-order valence-electron chi connectivity index (χ4n) is 2.70. The van der Waals surface area contributed by atoms with Crippen LogP contribution in [0.4, 0.5) is 0 Å². The van der Waals surface area contributed by atoms with Crippen molar-refractivity contribution in [3.8, 4) is 0 Å². The van der Waals surface area contributed by atoms with Crippen molar-refractivity contribution in [3.63, 3.8) is 0 Å². The van der Waals surface area contributed by atoms with Crippen LogP contribution in [0.1, 0.15) is 36.2 Å². The molecule has 1 saturated heterocycles. The number of carbonyl (C=O) groups excluding carboxylic acids is 2. The van der Waals surface area contributed by atoms with E-state index in [4.69, 9.17) is 46.4 Å². The van der Waals surface area contributed by atoms with Crippen LogP contribution in [0.5, 0.6) is 0 Å². The molecule has 0 unspecified atom stereocenters. The molecular formula is C15H15Cl4N3O2. The van der Waals surface area contributed by atoms with Crippen molar-refractivity contribution in [2.75, 3.05) is 13.1 Å². The number of amides is 2. The second-order valence-corrected chi connectivity index (χ2v) is 7.56. The normalized spacial score (nSPS) is 20.8. The molecule has 1 aliphatic carbocycles. The van der Waals surface area contributed by atoms with Gasteiger partial charge in [-0.2, -0.15) is 0 Å². The van der Waals surface area contributed by atoms with Gasteiger partial charge >= 0.3 is 0 Å². The van der Waals surface area contributed by atoms with E-state index in [1.54, 1.807) is 4.90 Å². The molecule has 1 N–H and O–H groups in total. The smallest absolute Gasteiger partial charge is 0.274 e. The molecule has 0 aromatic carbocycles. The maximum absolute atomic E-state index is 12.7. The summed E-state index contributed by atoms with van der Waals surface area (Å²) in [6.07, 6.45) is 3.55. The first-order valence-corrected chi connectivity index (χ1v) is 9.19. The molecule has 5 nitrogen and oxygen atoms in total. The van der Waals surface area contributed by atoms with Crippen molar-refractivity contribution < 1.29 is 9.59 Å². The minimum atomic E-state index is -0.399. The molecule has 0 spiro atoms. The van der Waals surface area contributed by atoms with E-state index in [2.05, 4.69) is 10.3 Å². The van der Waals surface area contributed by atoms with Crippen LogP contribution >= 0.6 is 46.4 Å². The van der Waals surface area contributed by atoms with Crippen LogP contribution in [-0.2, 0) is 4.79 Å². The Morgan fingerprint density at radius 3 is 2.42 bits per heavy atom. The van der Waals surface area contributed by atoms with Crippen LogP contribution < -0.4 is 5.32 Å². The Morgan fingerprint density at radius 2 is 1.75 bits per heavy atom. The summed E-state index contributed by atoms with van der Waals surface area (Å²) in [5.41, 5.74) is -0.0423. The number of likely N-dealkylation sites (tertiary alicyclic amines) is 1. The highest BCUT2D eigenvalue weighted by molar-refractivity contribution is 6.52. The van der Waals surface area contributed by atoms with Crippen LogP contribution in [-0.4, -0.2) is 40.8 Å². The monoisotopic (exact) mass is 409 g/mol. The minimum Gasteiger partial charge on any atom is -0.353 e. The number of rotatable bonds is 3. The average molecular weight is 411 g/mol. The van der Waals surface area contributed by atoms with Crippen molar-refractivity contribution in [2.24, 2.45) is 5.92 Å². The molecule has 2 heterocycles. The third-order valence-corrected chi connectivity index (χ3v) is 5.87. The summed E-state index contributed by atoms with van der Waals surface area (Å²) in [6.45, 7) is 0.856. The summed E-state index contributed by atoms with van der Waals surface area (Å²) in [4.78, 5) is 30.5. The van der Waals surface area contributed by atoms with Crippen molar-refractivity contribution >= 4 is 58.2 Å². The molecular weight excluding hydrogens is 396 g/mol. The molecule has 9 heteroatoms. The Kier molecular flexibility index (Phi) is 5.45. The van der Waals surface area contributed by atoms with Gasteiger partial charge in [0, 0.05) is 19.1 Å². The standard InChI is InChI=1S/C15H15Cl4N3O2/c16-9-10(17)12(21-13(19)11(9)18)15(24)22-5-1-2-7(6-22)14(23)20-8-3-4-8/h7-8H,1-6H2,(H,20,23)/t7-/m1/s1. The second-order valence-electron chi connectivity index (χ2n) is 6.07. The third kappa shape index (κ3) is 3.74. The van der Waals surface area contributed by atoms with Gasteiger partial charge < -0.3 is 10.2 Å². The minimum absolute atomic E-state index is 0.00114. The van der Waals surface area contributed by atoms with Gasteiger partial charge in [-0.05, 0) is 25.7 Å². The molecule has 0 bridgehead atoms. The van der Waals surface area contributed by atoms with Crippen LogP contribution in [0.25, 0.3) is 0 Å². The molecule has 3 rings (SSSR count). The topological polar surface area (TPSA) is 62.3 Å². The molecule has 1 aromatic rings. The zero-order valence-electron chi connectivity index (χ0n) is 12.6. The van der Waals surface area contributed by atoms with Crippen molar-refractivity contribution in [2.45, 2.75) is 31.7 Å². The Bertz CT molecular complexity index is 694. The lowest BCUT2D eigenvalue weighted by Crippen LogP contribution is -2.46. The molecule has 0 radical (unpaired) electrons. The van der Waals surface area contributed by atoms with E-state index < -0.39 is 5.91 Å². The first kappa shape index (κ1) is 18.1. The number of aromatic nitrogens is 1. The highest BCUT2D eigenvalue weighted by Crippen LogP contribution is 2.36. The lowest BCUT2D eigenvalue weighted by atomic mass is 9.96. The van der Waals surface area contributed by atoms with Crippen LogP contribution in [0.15, 0.2) is 0 Å². The first-order valence-electron chi connectivity index (χ1n) is 7.68.